The zero-order chi connectivity index (χ0) is 11.4. The summed E-state index contributed by atoms with van der Waals surface area (Å²) in [4.78, 5) is 11.7. The summed E-state index contributed by atoms with van der Waals surface area (Å²) in [7, 11) is 0. The van der Waals surface area contributed by atoms with Crippen LogP contribution in [-0.4, -0.2) is 11.9 Å². The van der Waals surface area contributed by atoms with Crippen LogP contribution in [0.2, 0.25) is 0 Å². The Labute approximate surface area is 104 Å². The third-order valence-electron chi connectivity index (χ3n) is 2.15. The molecule has 0 radical (unpaired) electrons. The van der Waals surface area contributed by atoms with Crippen molar-refractivity contribution in [3.63, 3.8) is 0 Å². The van der Waals surface area contributed by atoms with Crippen molar-refractivity contribution < 1.29 is 4.79 Å². The van der Waals surface area contributed by atoms with Gasteiger partial charge in [0.2, 0.25) is 5.91 Å². The highest BCUT2D eigenvalue weighted by Gasteiger charge is 2.17. The Morgan fingerprint density at radius 1 is 1.40 bits per heavy atom. The predicted molar refractivity (Wildman–Crippen MR) is 70.6 cm³/mol. The van der Waals surface area contributed by atoms with Crippen LogP contribution in [0.4, 0.5) is 5.69 Å². The van der Waals surface area contributed by atoms with Crippen LogP contribution in [0.15, 0.2) is 24.3 Å². The lowest BCUT2D eigenvalue weighted by atomic mass is 10.1. The summed E-state index contributed by atoms with van der Waals surface area (Å²) in [6.45, 7) is 3.86. The molecule has 3 nitrogen and oxygen atoms in total. The van der Waals surface area contributed by atoms with Gasteiger partial charge in [-0.05, 0) is 40.6 Å². The minimum absolute atomic E-state index is 0.130. The molecule has 0 fully saturated rings. The standard InChI is InChI=1S/C11H15IN2O/c1-7(2)10(13)11(15)14-9-6-4-3-5-8(9)12/h3-7,10H,13H2,1-2H3,(H,14,15)/t10-/m1/s1. The van der Waals surface area contributed by atoms with E-state index in [-0.39, 0.29) is 11.8 Å². The molecule has 0 saturated heterocycles. The number of carbonyl (C=O) groups is 1. The first-order valence-electron chi connectivity index (χ1n) is 4.83. The second-order valence-electron chi connectivity index (χ2n) is 3.74. The van der Waals surface area contributed by atoms with Gasteiger partial charge in [-0.3, -0.25) is 4.79 Å². The molecule has 1 aromatic rings. The highest BCUT2D eigenvalue weighted by Crippen LogP contribution is 2.17. The fourth-order valence-electron chi connectivity index (χ4n) is 1.08. The number of hydrogen-bond acceptors (Lipinski definition) is 2. The van der Waals surface area contributed by atoms with Crippen molar-refractivity contribution in [3.8, 4) is 0 Å². The summed E-state index contributed by atoms with van der Waals surface area (Å²) >= 11 is 2.18. The lowest BCUT2D eigenvalue weighted by Gasteiger charge is -2.15. The minimum atomic E-state index is -0.457. The number of hydrogen-bond donors (Lipinski definition) is 2. The Bertz CT molecular complexity index is 352. The molecule has 0 aliphatic rings. The number of rotatable bonds is 3. The molecular formula is C11H15IN2O. The van der Waals surface area contributed by atoms with Gasteiger partial charge in [0.05, 0.1) is 11.7 Å². The van der Waals surface area contributed by atoms with Crippen molar-refractivity contribution in [3.05, 3.63) is 27.8 Å². The molecule has 0 spiro atoms. The van der Waals surface area contributed by atoms with Gasteiger partial charge in [0.15, 0.2) is 0 Å². The van der Waals surface area contributed by atoms with E-state index in [4.69, 9.17) is 5.73 Å². The number of nitrogens with two attached hydrogens (primary N) is 1. The fourth-order valence-corrected chi connectivity index (χ4v) is 1.60. The molecule has 0 unspecified atom stereocenters. The van der Waals surface area contributed by atoms with Crippen molar-refractivity contribution in [1.29, 1.82) is 0 Å². The van der Waals surface area contributed by atoms with Crippen LogP contribution < -0.4 is 11.1 Å². The molecule has 0 aliphatic heterocycles. The largest absolute Gasteiger partial charge is 0.324 e. The number of benzene rings is 1. The van der Waals surface area contributed by atoms with E-state index in [1.165, 1.54) is 0 Å². The molecule has 3 N–H and O–H groups in total. The Morgan fingerprint density at radius 2 is 2.00 bits per heavy atom. The molecule has 1 rings (SSSR count). The average Bonchev–Trinajstić information content (AvgIpc) is 2.20. The number of halogens is 1. The number of nitrogens with one attached hydrogen (secondary N) is 1. The van der Waals surface area contributed by atoms with Gasteiger partial charge in [-0.15, -0.1) is 0 Å². The topological polar surface area (TPSA) is 55.1 Å². The van der Waals surface area contributed by atoms with Gasteiger partial charge in [-0.1, -0.05) is 26.0 Å². The van der Waals surface area contributed by atoms with E-state index < -0.39 is 6.04 Å². The summed E-state index contributed by atoms with van der Waals surface area (Å²) in [5, 5.41) is 2.82. The first-order chi connectivity index (χ1) is 7.02. The van der Waals surface area contributed by atoms with Gasteiger partial charge in [-0.25, -0.2) is 0 Å². The summed E-state index contributed by atoms with van der Waals surface area (Å²) in [6.07, 6.45) is 0. The van der Waals surface area contributed by atoms with Crippen molar-refractivity contribution >= 4 is 34.2 Å². The van der Waals surface area contributed by atoms with Crippen LogP contribution >= 0.6 is 22.6 Å². The quantitative estimate of drug-likeness (QED) is 0.840. The maximum absolute atomic E-state index is 11.7. The van der Waals surface area contributed by atoms with Crippen LogP contribution in [0.3, 0.4) is 0 Å². The van der Waals surface area contributed by atoms with Gasteiger partial charge in [0, 0.05) is 3.57 Å². The van der Waals surface area contributed by atoms with Gasteiger partial charge >= 0.3 is 0 Å². The first-order valence-corrected chi connectivity index (χ1v) is 5.91. The molecule has 1 aromatic carbocycles. The normalized spacial score (nSPS) is 12.6. The van der Waals surface area contributed by atoms with E-state index in [2.05, 4.69) is 27.9 Å². The maximum atomic E-state index is 11.7. The van der Waals surface area contributed by atoms with Crippen LogP contribution in [0, 0.1) is 9.49 Å². The lowest BCUT2D eigenvalue weighted by molar-refractivity contribution is -0.118. The van der Waals surface area contributed by atoms with Crippen molar-refractivity contribution in [1.82, 2.24) is 0 Å². The summed E-state index contributed by atoms with van der Waals surface area (Å²) in [5.74, 6) is 0.0143. The SMILES string of the molecule is CC(C)[C@@H](N)C(=O)Nc1ccccc1I. The molecule has 0 saturated carbocycles. The average molecular weight is 318 g/mol. The number of carbonyl (C=O) groups excluding carboxylic acids is 1. The zero-order valence-electron chi connectivity index (χ0n) is 8.83. The molecule has 1 atom stereocenters. The lowest BCUT2D eigenvalue weighted by Crippen LogP contribution is -2.39. The summed E-state index contributed by atoms with van der Waals surface area (Å²) in [5.41, 5.74) is 6.56. The zero-order valence-corrected chi connectivity index (χ0v) is 11.0. The van der Waals surface area contributed by atoms with E-state index in [9.17, 15) is 4.79 Å². The van der Waals surface area contributed by atoms with E-state index in [0.717, 1.165) is 9.26 Å². The number of anilines is 1. The van der Waals surface area contributed by atoms with Crippen LogP contribution in [0.5, 0.6) is 0 Å². The fraction of sp³-hybridized carbons (Fsp3) is 0.364. The second kappa shape index (κ2) is 5.46. The smallest absolute Gasteiger partial charge is 0.241 e. The molecule has 0 heterocycles. The van der Waals surface area contributed by atoms with Crippen LogP contribution in [0.25, 0.3) is 0 Å². The molecule has 82 valence electrons. The van der Waals surface area contributed by atoms with Crippen molar-refractivity contribution in [2.45, 2.75) is 19.9 Å². The molecule has 0 aromatic heterocycles. The highest BCUT2D eigenvalue weighted by molar-refractivity contribution is 14.1. The monoisotopic (exact) mass is 318 g/mol. The van der Waals surface area contributed by atoms with Gasteiger partial charge in [0.1, 0.15) is 0 Å². The van der Waals surface area contributed by atoms with Crippen LogP contribution in [-0.2, 0) is 4.79 Å². The summed E-state index contributed by atoms with van der Waals surface area (Å²) < 4.78 is 1.01. The summed E-state index contributed by atoms with van der Waals surface area (Å²) in [6, 6.07) is 7.17. The van der Waals surface area contributed by atoms with Gasteiger partial charge in [-0.2, -0.15) is 0 Å². The van der Waals surface area contributed by atoms with Gasteiger partial charge in [0.25, 0.3) is 0 Å². The number of amides is 1. The van der Waals surface area contributed by atoms with Crippen LogP contribution in [0.1, 0.15) is 13.8 Å². The van der Waals surface area contributed by atoms with E-state index in [1.54, 1.807) is 0 Å². The maximum Gasteiger partial charge on any atom is 0.241 e. The Hall–Kier alpha value is -0.620. The molecule has 0 aliphatic carbocycles. The molecule has 4 heteroatoms. The van der Waals surface area contributed by atoms with E-state index in [1.807, 2.05) is 38.1 Å². The predicted octanol–water partition coefficient (Wildman–Crippen LogP) is 2.21. The minimum Gasteiger partial charge on any atom is -0.324 e. The van der Waals surface area contributed by atoms with E-state index in [0.29, 0.717) is 0 Å². The molecule has 0 bridgehead atoms. The second-order valence-corrected chi connectivity index (χ2v) is 4.90. The molecule has 1 amide bonds. The number of para-hydroxylation sites is 1. The first kappa shape index (κ1) is 12.4. The molecule has 15 heavy (non-hydrogen) atoms. The van der Waals surface area contributed by atoms with Gasteiger partial charge < -0.3 is 11.1 Å². The Balaban J connectivity index is 2.71. The third kappa shape index (κ3) is 3.46. The highest BCUT2D eigenvalue weighted by atomic mass is 127. The van der Waals surface area contributed by atoms with Crippen molar-refractivity contribution in [2.75, 3.05) is 5.32 Å². The Morgan fingerprint density at radius 3 is 2.53 bits per heavy atom. The Kier molecular flexibility index (Phi) is 4.53. The van der Waals surface area contributed by atoms with E-state index >= 15 is 0 Å². The van der Waals surface area contributed by atoms with Crippen molar-refractivity contribution in [2.24, 2.45) is 11.7 Å². The molecular weight excluding hydrogens is 303 g/mol. The third-order valence-corrected chi connectivity index (χ3v) is 3.09.